The second-order valence-corrected chi connectivity index (χ2v) is 5.48. The Labute approximate surface area is 108 Å². The van der Waals surface area contributed by atoms with Crippen LogP contribution in [-0.4, -0.2) is 11.6 Å². The number of carbonyl (C=O) groups excluding carboxylic acids is 1. The Hall–Kier alpha value is -1.55. The Morgan fingerprint density at radius 3 is 2.44 bits per heavy atom. The summed E-state index contributed by atoms with van der Waals surface area (Å²) >= 11 is 0. The third kappa shape index (κ3) is 3.23. The summed E-state index contributed by atoms with van der Waals surface area (Å²) in [5, 5.41) is 5.86. The first-order valence-electron chi connectivity index (χ1n) is 6.39. The molecule has 2 amide bonds. The van der Waals surface area contributed by atoms with Crippen molar-refractivity contribution in [3.8, 4) is 0 Å². The molecule has 0 aliphatic heterocycles. The van der Waals surface area contributed by atoms with Crippen LogP contribution < -0.4 is 16.4 Å². The molecule has 18 heavy (non-hydrogen) atoms. The number of anilines is 1. The molecule has 0 heterocycles. The maximum Gasteiger partial charge on any atom is 0.319 e. The van der Waals surface area contributed by atoms with E-state index in [0.29, 0.717) is 12.5 Å². The first kappa shape index (κ1) is 12.9. The zero-order valence-corrected chi connectivity index (χ0v) is 11.0. The first-order valence-corrected chi connectivity index (χ1v) is 6.39. The number of benzene rings is 1. The maximum atomic E-state index is 11.9. The van der Waals surface area contributed by atoms with Crippen LogP contribution in [0.2, 0.25) is 0 Å². The standard InChI is InChI=1S/C14H21N3O/c1-14(2,11-5-6-11)17-13(18)16-12-7-3-10(9-15)4-8-12/h3-4,7-8,11H,5-6,9,15H2,1-2H3,(H2,16,17,18). The molecule has 4 N–H and O–H groups in total. The molecule has 1 aliphatic carbocycles. The van der Waals surface area contributed by atoms with Crippen molar-refractivity contribution in [1.82, 2.24) is 5.32 Å². The summed E-state index contributed by atoms with van der Waals surface area (Å²) in [7, 11) is 0. The second-order valence-electron chi connectivity index (χ2n) is 5.48. The topological polar surface area (TPSA) is 67.2 Å². The number of hydrogen-bond acceptors (Lipinski definition) is 2. The minimum Gasteiger partial charge on any atom is -0.333 e. The van der Waals surface area contributed by atoms with E-state index in [9.17, 15) is 4.79 Å². The molecule has 0 aromatic heterocycles. The molecule has 0 bridgehead atoms. The van der Waals surface area contributed by atoms with Gasteiger partial charge in [-0.3, -0.25) is 0 Å². The molecule has 0 saturated heterocycles. The van der Waals surface area contributed by atoms with Crippen molar-refractivity contribution in [2.24, 2.45) is 11.7 Å². The molecule has 1 aromatic rings. The number of rotatable bonds is 4. The molecule has 2 rings (SSSR count). The Balaban J connectivity index is 1.90. The lowest BCUT2D eigenvalue weighted by molar-refractivity contribution is 0.237. The van der Waals surface area contributed by atoms with Crippen molar-refractivity contribution in [2.45, 2.75) is 38.8 Å². The molecule has 1 aliphatic rings. The molecule has 1 saturated carbocycles. The van der Waals surface area contributed by atoms with E-state index < -0.39 is 0 Å². The van der Waals surface area contributed by atoms with Gasteiger partial charge in [-0.25, -0.2) is 4.79 Å². The van der Waals surface area contributed by atoms with Crippen LogP contribution >= 0.6 is 0 Å². The van der Waals surface area contributed by atoms with Gasteiger partial charge in [-0.2, -0.15) is 0 Å². The summed E-state index contributed by atoms with van der Waals surface area (Å²) in [4.78, 5) is 11.9. The normalized spacial score (nSPS) is 15.3. The monoisotopic (exact) mass is 247 g/mol. The van der Waals surface area contributed by atoms with Gasteiger partial charge in [0.05, 0.1) is 0 Å². The third-order valence-electron chi connectivity index (χ3n) is 3.48. The van der Waals surface area contributed by atoms with Crippen LogP contribution in [-0.2, 0) is 6.54 Å². The van der Waals surface area contributed by atoms with Gasteiger partial charge in [0.2, 0.25) is 0 Å². The van der Waals surface area contributed by atoms with Crippen LogP contribution in [0.4, 0.5) is 10.5 Å². The van der Waals surface area contributed by atoms with Gasteiger partial charge < -0.3 is 16.4 Å². The summed E-state index contributed by atoms with van der Waals surface area (Å²) in [5.74, 6) is 0.614. The Morgan fingerprint density at radius 1 is 1.33 bits per heavy atom. The summed E-state index contributed by atoms with van der Waals surface area (Å²) in [6.45, 7) is 4.66. The second kappa shape index (κ2) is 4.98. The van der Waals surface area contributed by atoms with E-state index in [-0.39, 0.29) is 11.6 Å². The van der Waals surface area contributed by atoms with Crippen molar-refractivity contribution in [2.75, 3.05) is 5.32 Å². The maximum absolute atomic E-state index is 11.9. The lowest BCUT2D eigenvalue weighted by Gasteiger charge is -2.26. The molecule has 4 heteroatoms. The van der Waals surface area contributed by atoms with Crippen LogP contribution in [0.15, 0.2) is 24.3 Å². The third-order valence-corrected chi connectivity index (χ3v) is 3.48. The number of nitrogens with two attached hydrogens (primary N) is 1. The number of nitrogens with one attached hydrogen (secondary N) is 2. The lowest BCUT2D eigenvalue weighted by atomic mass is 9.99. The Bertz CT molecular complexity index is 421. The van der Waals surface area contributed by atoms with Gasteiger partial charge in [-0.15, -0.1) is 0 Å². The average Bonchev–Trinajstić information content (AvgIpc) is 3.13. The highest BCUT2D eigenvalue weighted by molar-refractivity contribution is 5.89. The Kier molecular flexibility index (Phi) is 3.57. The largest absolute Gasteiger partial charge is 0.333 e. The first-order chi connectivity index (χ1) is 8.51. The predicted octanol–water partition coefficient (Wildman–Crippen LogP) is 2.46. The summed E-state index contributed by atoms with van der Waals surface area (Å²) in [6, 6.07) is 7.42. The number of urea groups is 1. The fourth-order valence-electron chi connectivity index (χ4n) is 2.09. The van der Waals surface area contributed by atoms with Gasteiger partial charge in [-0.1, -0.05) is 12.1 Å². The van der Waals surface area contributed by atoms with E-state index in [4.69, 9.17) is 5.73 Å². The molecule has 0 atom stereocenters. The minimum atomic E-state index is -0.146. The quantitative estimate of drug-likeness (QED) is 0.765. The summed E-state index contributed by atoms with van der Waals surface area (Å²) in [5.41, 5.74) is 7.24. The molecule has 1 aromatic carbocycles. The highest BCUT2D eigenvalue weighted by Crippen LogP contribution is 2.39. The van der Waals surface area contributed by atoms with Gasteiger partial charge in [0, 0.05) is 17.8 Å². The number of carbonyl (C=O) groups is 1. The summed E-state index contributed by atoms with van der Waals surface area (Å²) in [6.07, 6.45) is 2.41. The lowest BCUT2D eigenvalue weighted by Crippen LogP contribution is -2.47. The van der Waals surface area contributed by atoms with E-state index in [2.05, 4.69) is 24.5 Å². The minimum absolute atomic E-state index is 0.124. The molecule has 0 radical (unpaired) electrons. The molecular weight excluding hydrogens is 226 g/mol. The van der Waals surface area contributed by atoms with E-state index in [1.165, 1.54) is 12.8 Å². The molecular formula is C14H21N3O. The molecule has 0 spiro atoms. The van der Waals surface area contributed by atoms with Gasteiger partial charge >= 0.3 is 6.03 Å². The zero-order chi connectivity index (χ0) is 13.2. The Morgan fingerprint density at radius 2 is 1.94 bits per heavy atom. The van der Waals surface area contributed by atoms with Crippen LogP contribution in [0.3, 0.4) is 0 Å². The van der Waals surface area contributed by atoms with Crippen molar-refractivity contribution in [3.63, 3.8) is 0 Å². The molecule has 98 valence electrons. The number of amides is 2. The predicted molar refractivity (Wildman–Crippen MR) is 73.3 cm³/mol. The smallest absolute Gasteiger partial charge is 0.319 e. The molecule has 0 unspecified atom stereocenters. The fraction of sp³-hybridized carbons (Fsp3) is 0.500. The van der Waals surface area contributed by atoms with Gasteiger partial charge in [0.15, 0.2) is 0 Å². The van der Waals surface area contributed by atoms with Gasteiger partial charge in [0.25, 0.3) is 0 Å². The molecule has 1 fully saturated rings. The average molecular weight is 247 g/mol. The van der Waals surface area contributed by atoms with Gasteiger partial charge in [0.1, 0.15) is 0 Å². The van der Waals surface area contributed by atoms with Gasteiger partial charge in [-0.05, 0) is 50.3 Å². The van der Waals surface area contributed by atoms with Crippen LogP contribution in [0.5, 0.6) is 0 Å². The molecule has 4 nitrogen and oxygen atoms in total. The van der Waals surface area contributed by atoms with Crippen molar-refractivity contribution in [1.29, 1.82) is 0 Å². The van der Waals surface area contributed by atoms with Crippen molar-refractivity contribution in [3.05, 3.63) is 29.8 Å². The van der Waals surface area contributed by atoms with E-state index >= 15 is 0 Å². The zero-order valence-electron chi connectivity index (χ0n) is 11.0. The van der Waals surface area contributed by atoms with E-state index in [1.807, 2.05) is 24.3 Å². The number of hydrogen-bond donors (Lipinski definition) is 3. The fourth-order valence-corrected chi connectivity index (χ4v) is 2.09. The highest BCUT2D eigenvalue weighted by Gasteiger charge is 2.38. The van der Waals surface area contributed by atoms with Crippen molar-refractivity contribution >= 4 is 11.7 Å². The van der Waals surface area contributed by atoms with E-state index in [0.717, 1.165) is 11.3 Å². The van der Waals surface area contributed by atoms with Crippen LogP contribution in [0.1, 0.15) is 32.3 Å². The van der Waals surface area contributed by atoms with E-state index in [1.54, 1.807) is 0 Å². The van der Waals surface area contributed by atoms with Crippen LogP contribution in [0, 0.1) is 5.92 Å². The van der Waals surface area contributed by atoms with Crippen molar-refractivity contribution < 1.29 is 4.79 Å². The van der Waals surface area contributed by atoms with Crippen LogP contribution in [0.25, 0.3) is 0 Å². The summed E-state index contributed by atoms with van der Waals surface area (Å²) < 4.78 is 0. The SMILES string of the molecule is CC(C)(NC(=O)Nc1ccc(CN)cc1)C1CC1. The highest BCUT2D eigenvalue weighted by atomic mass is 16.2.